The molecule has 0 aliphatic carbocycles. The van der Waals surface area contributed by atoms with E-state index in [1.165, 1.54) is 28.6 Å². The molecule has 0 radical (unpaired) electrons. The Kier molecular flexibility index (Phi) is 10.5. The van der Waals surface area contributed by atoms with Crippen molar-refractivity contribution in [3.63, 3.8) is 0 Å². The molecular formula is C25H35N3O5S. The second-order valence-corrected chi connectivity index (χ2v) is 10.1. The summed E-state index contributed by atoms with van der Waals surface area (Å²) in [7, 11) is -3.69. The first kappa shape index (κ1) is 27.3. The Balaban J connectivity index is 1.97. The molecule has 0 saturated carbocycles. The number of nitrogens with one attached hydrogen (secondary N) is 2. The van der Waals surface area contributed by atoms with Crippen LogP contribution in [-0.4, -0.2) is 56.8 Å². The normalized spacial score (nSPS) is 12.4. The van der Waals surface area contributed by atoms with Crippen molar-refractivity contribution in [3.05, 3.63) is 60.2 Å². The molecule has 0 bridgehead atoms. The summed E-state index contributed by atoms with van der Waals surface area (Å²) < 4.78 is 32.5. The van der Waals surface area contributed by atoms with Gasteiger partial charge in [-0.05, 0) is 42.7 Å². The molecule has 2 aromatic carbocycles. The second-order valence-electron chi connectivity index (χ2n) is 8.12. The number of ether oxygens (including phenoxy) is 1. The lowest BCUT2D eigenvalue weighted by molar-refractivity contribution is -0.123. The standard InChI is InChI=1S/C25H35N3O5S/c1-5-28(6-2)34(31,32)22-15-10-12-20(18-22)24(29)27-23(19(3)4)25(30)26-16-11-17-33-21-13-8-7-9-14-21/h7-10,12-15,18-19,23H,5-6,11,16-17H2,1-4H3,(H,26,30)(H,27,29). The van der Waals surface area contributed by atoms with E-state index in [4.69, 9.17) is 4.74 Å². The van der Waals surface area contributed by atoms with Crippen LogP contribution < -0.4 is 15.4 Å². The zero-order valence-electron chi connectivity index (χ0n) is 20.3. The van der Waals surface area contributed by atoms with Gasteiger partial charge in [-0.1, -0.05) is 52.0 Å². The monoisotopic (exact) mass is 489 g/mol. The third kappa shape index (κ3) is 7.56. The molecule has 0 spiro atoms. The van der Waals surface area contributed by atoms with E-state index in [-0.39, 0.29) is 22.3 Å². The van der Waals surface area contributed by atoms with Crippen molar-refractivity contribution in [1.82, 2.24) is 14.9 Å². The first-order valence-electron chi connectivity index (χ1n) is 11.6. The topological polar surface area (TPSA) is 105 Å². The van der Waals surface area contributed by atoms with E-state index in [1.807, 2.05) is 44.2 Å². The molecule has 0 aliphatic rings. The molecule has 0 heterocycles. The number of amides is 2. The van der Waals surface area contributed by atoms with Gasteiger partial charge in [0.15, 0.2) is 0 Å². The van der Waals surface area contributed by atoms with Crippen LogP contribution in [0.5, 0.6) is 5.75 Å². The van der Waals surface area contributed by atoms with Gasteiger partial charge in [-0.2, -0.15) is 4.31 Å². The highest BCUT2D eigenvalue weighted by Gasteiger charge is 2.26. The van der Waals surface area contributed by atoms with E-state index in [9.17, 15) is 18.0 Å². The minimum absolute atomic E-state index is 0.0489. The average Bonchev–Trinajstić information content (AvgIpc) is 2.83. The van der Waals surface area contributed by atoms with Gasteiger partial charge >= 0.3 is 0 Å². The Labute approximate surface area is 202 Å². The van der Waals surface area contributed by atoms with E-state index in [2.05, 4.69) is 10.6 Å². The predicted molar refractivity (Wildman–Crippen MR) is 132 cm³/mol. The fourth-order valence-corrected chi connectivity index (χ4v) is 4.87. The highest BCUT2D eigenvalue weighted by Crippen LogP contribution is 2.17. The summed E-state index contributed by atoms with van der Waals surface area (Å²) in [4.78, 5) is 25.6. The summed E-state index contributed by atoms with van der Waals surface area (Å²) >= 11 is 0. The molecule has 9 heteroatoms. The van der Waals surface area contributed by atoms with Crippen molar-refractivity contribution in [2.24, 2.45) is 5.92 Å². The summed E-state index contributed by atoms with van der Waals surface area (Å²) in [6.45, 7) is 8.73. The summed E-state index contributed by atoms with van der Waals surface area (Å²) in [5.41, 5.74) is 0.183. The number of hydrogen-bond acceptors (Lipinski definition) is 5. The number of sulfonamides is 1. The van der Waals surface area contributed by atoms with Gasteiger partial charge in [-0.3, -0.25) is 9.59 Å². The molecule has 0 fully saturated rings. The maximum atomic E-state index is 12.9. The maximum Gasteiger partial charge on any atom is 0.251 e. The van der Waals surface area contributed by atoms with Gasteiger partial charge in [0.25, 0.3) is 5.91 Å². The number of rotatable bonds is 13. The van der Waals surface area contributed by atoms with Crippen LogP contribution in [0.3, 0.4) is 0 Å². The zero-order chi connectivity index (χ0) is 25.1. The third-order valence-corrected chi connectivity index (χ3v) is 7.35. The van der Waals surface area contributed by atoms with Crippen LogP contribution in [0.25, 0.3) is 0 Å². The summed E-state index contributed by atoms with van der Waals surface area (Å²) in [6.07, 6.45) is 0.616. The van der Waals surface area contributed by atoms with Crippen LogP contribution in [0, 0.1) is 5.92 Å². The summed E-state index contributed by atoms with van der Waals surface area (Å²) in [5, 5.41) is 5.58. The van der Waals surface area contributed by atoms with Crippen molar-refractivity contribution >= 4 is 21.8 Å². The number of benzene rings is 2. The Bertz CT molecular complexity index is 1040. The predicted octanol–water partition coefficient (Wildman–Crippen LogP) is 3.06. The van der Waals surface area contributed by atoms with Gasteiger partial charge in [0.1, 0.15) is 11.8 Å². The number of nitrogens with zero attached hydrogens (tertiary/aromatic N) is 1. The minimum Gasteiger partial charge on any atom is -0.494 e. The Hall–Kier alpha value is -2.91. The van der Waals surface area contributed by atoms with Crippen molar-refractivity contribution in [1.29, 1.82) is 0 Å². The highest BCUT2D eigenvalue weighted by molar-refractivity contribution is 7.89. The number of carbonyl (C=O) groups is 2. The molecule has 1 atom stereocenters. The van der Waals surface area contributed by atoms with Gasteiger partial charge in [0, 0.05) is 25.2 Å². The maximum absolute atomic E-state index is 12.9. The Morgan fingerprint density at radius 2 is 1.68 bits per heavy atom. The SMILES string of the molecule is CCN(CC)S(=O)(=O)c1cccc(C(=O)NC(C(=O)NCCCOc2ccccc2)C(C)C)c1. The van der Waals surface area contributed by atoms with Crippen molar-refractivity contribution < 1.29 is 22.7 Å². The molecule has 186 valence electrons. The van der Waals surface area contributed by atoms with E-state index in [0.717, 1.165) is 5.75 Å². The van der Waals surface area contributed by atoms with Crippen LogP contribution in [0.1, 0.15) is 44.5 Å². The second kappa shape index (κ2) is 13.1. The molecule has 8 nitrogen and oxygen atoms in total. The molecule has 0 aliphatic heterocycles. The smallest absolute Gasteiger partial charge is 0.251 e. The lowest BCUT2D eigenvalue weighted by atomic mass is 10.0. The van der Waals surface area contributed by atoms with Crippen molar-refractivity contribution in [2.75, 3.05) is 26.2 Å². The molecule has 0 saturated heterocycles. The molecule has 2 N–H and O–H groups in total. The zero-order valence-corrected chi connectivity index (χ0v) is 21.1. The lowest BCUT2D eigenvalue weighted by Gasteiger charge is -2.22. The number of hydrogen-bond donors (Lipinski definition) is 2. The third-order valence-electron chi connectivity index (χ3n) is 5.31. The van der Waals surface area contributed by atoms with Gasteiger partial charge < -0.3 is 15.4 Å². The molecule has 34 heavy (non-hydrogen) atoms. The van der Waals surface area contributed by atoms with Gasteiger partial charge in [-0.25, -0.2) is 8.42 Å². The van der Waals surface area contributed by atoms with E-state index < -0.39 is 22.0 Å². The van der Waals surface area contributed by atoms with Crippen LogP contribution in [-0.2, 0) is 14.8 Å². The Morgan fingerprint density at radius 1 is 1.00 bits per heavy atom. The average molecular weight is 490 g/mol. The first-order valence-corrected chi connectivity index (χ1v) is 13.0. The molecule has 1 unspecified atom stereocenters. The summed E-state index contributed by atoms with van der Waals surface area (Å²) in [6, 6.07) is 14.5. The van der Waals surface area contributed by atoms with Crippen LogP contribution in [0.4, 0.5) is 0 Å². The Morgan fingerprint density at radius 3 is 2.29 bits per heavy atom. The van der Waals surface area contributed by atoms with Crippen molar-refractivity contribution in [2.45, 2.75) is 45.1 Å². The van der Waals surface area contributed by atoms with E-state index in [1.54, 1.807) is 13.8 Å². The van der Waals surface area contributed by atoms with Gasteiger partial charge in [-0.15, -0.1) is 0 Å². The van der Waals surface area contributed by atoms with Crippen molar-refractivity contribution in [3.8, 4) is 5.75 Å². The van der Waals surface area contributed by atoms with E-state index in [0.29, 0.717) is 32.7 Å². The highest BCUT2D eigenvalue weighted by atomic mass is 32.2. The van der Waals surface area contributed by atoms with Crippen LogP contribution >= 0.6 is 0 Å². The quantitative estimate of drug-likeness (QED) is 0.421. The fraction of sp³-hybridized carbons (Fsp3) is 0.440. The number of carbonyl (C=O) groups excluding carboxylic acids is 2. The molecule has 2 amide bonds. The van der Waals surface area contributed by atoms with Gasteiger partial charge in [0.2, 0.25) is 15.9 Å². The molecule has 2 rings (SSSR count). The molecule has 0 aromatic heterocycles. The van der Waals surface area contributed by atoms with Gasteiger partial charge in [0.05, 0.1) is 11.5 Å². The largest absolute Gasteiger partial charge is 0.494 e. The molecular weight excluding hydrogens is 454 g/mol. The van der Waals surface area contributed by atoms with E-state index >= 15 is 0 Å². The van der Waals surface area contributed by atoms with Crippen LogP contribution in [0.2, 0.25) is 0 Å². The first-order chi connectivity index (χ1) is 16.2. The fourth-order valence-electron chi connectivity index (χ4n) is 3.37. The lowest BCUT2D eigenvalue weighted by Crippen LogP contribution is -2.50. The summed E-state index contributed by atoms with van der Waals surface area (Å²) in [5.74, 6) is -0.189. The minimum atomic E-state index is -3.69. The number of para-hydroxylation sites is 1. The molecule has 2 aromatic rings. The van der Waals surface area contributed by atoms with Crippen LogP contribution in [0.15, 0.2) is 59.5 Å².